The summed E-state index contributed by atoms with van der Waals surface area (Å²) in [6, 6.07) is 8.16. The Morgan fingerprint density at radius 1 is 1.41 bits per heavy atom. The number of hydrogen-bond acceptors (Lipinski definition) is 4. The van der Waals surface area contributed by atoms with E-state index < -0.39 is 0 Å². The van der Waals surface area contributed by atoms with E-state index in [-0.39, 0.29) is 5.54 Å². The maximum absolute atomic E-state index is 5.81. The largest absolute Gasteiger partial charge is 0.494 e. The average molecular weight is 250 g/mol. The summed E-state index contributed by atoms with van der Waals surface area (Å²) in [6.07, 6.45) is 1.02. The molecule has 1 unspecified atom stereocenters. The van der Waals surface area contributed by atoms with E-state index in [9.17, 15) is 0 Å². The lowest BCUT2D eigenvalue weighted by Crippen LogP contribution is -2.28. The van der Waals surface area contributed by atoms with Crippen LogP contribution in [0.5, 0.6) is 5.75 Å². The zero-order valence-electron chi connectivity index (χ0n) is 10.3. The Kier molecular flexibility index (Phi) is 3.62. The van der Waals surface area contributed by atoms with Gasteiger partial charge in [0, 0.05) is 5.75 Å². The van der Waals surface area contributed by atoms with Gasteiger partial charge in [-0.1, -0.05) is 23.9 Å². The van der Waals surface area contributed by atoms with E-state index in [1.807, 2.05) is 19.1 Å². The molecule has 1 atom stereocenters. The van der Waals surface area contributed by atoms with Gasteiger partial charge < -0.3 is 10.5 Å². The minimum Gasteiger partial charge on any atom is -0.494 e. The lowest BCUT2D eigenvalue weighted by Gasteiger charge is -2.29. The van der Waals surface area contributed by atoms with Crippen molar-refractivity contribution in [2.75, 3.05) is 12.4 Å². The Labute approximate surface area is 106 Å². The van der Waals surface area contributed by atoms with E-state index in [4.69, 9.17) is 10.5 Å². The summed E-state index contributed by atoms with van der Waals surface area (Å²) in [4.78, 5) is 4.58. The quantitative estimate of drug-likeness (QED) is 0.897. The summed E-state index contributed by atoms with van der Waals surface area (Å²) >= 11 is 1.63. The molecule has 0 aromatic heterocycles. The Balaban J connectivity index is 2.24. The maximum Gasteiger partial charge on any atom is 0.154 e. The summed E-state index contributed by atoms with van der Waals surface area (Å²) in [6.45, 7) is 4.81. The van der Waals surface area contributed by atoms with E-state index in [0.29, 0.717) is 11.8 Å². The molecule has 1 heterocycles. The van der Waals surface area contributed by atoms with Crippen molar-refractivity contribution in [3.05, 3.63) is 29.8 Å². The zero-order valence-corrected chi connectivity index (χ0v) is 11.1. The molecular formula is C13H18N2OS. The molecule has 0 radical (unpaired) electrons. The highest BCUT2D eigenvalue weighted by atomic mass is 32.2. The second kappa shape index (κ2) is 5.00. The molecule has 17 heavy (non-hydrogen) atoms. The number of amidine groups is 1. The van der Waals surface area contributed by atoms with Crippen LogP contribution in [0.2, 0.25) is 0 Å². The topological polar surface area (TPSA) is 47.6 Å². The van der Waals surface area contributed by atoms with Gasteiger partial charge in [0.05, 0.1) is 12.1 Å². The first-order valence-electron chi connectivity index (χ1n) is 5.85. The van der Waals surface area contributed by atoms with Crippen LogP contribution >= 0.6 is 11.8 Å². The molecule has 0 spiro atoms. The van der Waals surface area contributed by atoms with Gasteiger partial charge in [-0.3, -0.25) is 4.99 Å². The number of thioether (sulfide) groups is 1. The first-order chi connectivity index (χ1) is 8.14. The number of aliphatic imine (C=N–C) groups is 1. The monoisotopic (exact) mass is 250 g/mol. The van der Waals surface area contributed by atoms with Gasteiger partial charge in [-0.05, 0) is 38.0 Å². The van der Waals surface area contributed by atoms with Crippen molar-refractivity contribution in [2.45, 2.75) is 25.8 Å². The molecule has 4 heteroatoms. The second-order valence-corrected chi connectivity index (χ2v) is 5.39. The summed E-state index contributed by atoms with van der Waals surface area (Å²) in [5.41, 5.74) is 6.83. The van der Waals surface area contributed by atoms with Gasteiger partial charge in [0.25, 0.3) is 0 Å². The third kappa shape index (κ3) is 2.75. The minimum atomic E-state index is -0.180. The van der Waals surface area contributed by atoms with Crippen LogP contribution in [0.15, 0.2) is 29.3 Å². The van der Waals surface area contributed by atoms with Gasteiger partial charge in [-0.25, -0.2) is 0 Å². The van der Waals surface area contributed by atoms with Crippen molar-refractivity contribution >= 4 is 16.9 Å². The summed E-state index contributed by atoms with van der Waals surface area (Å²) in [7, 11) is 0. The molecule has 0 fully saturated rings. The highest BCUT2D eigenvalue weighted by Crippen LogP contribution is 2.35. The molecule has 1 aromatic rings. The van der Waals surface area contributed by atoms with Crippen LogP contribution in [0.1, 0.15) is 25.8 Å². The number of benzene rings is 1. The van der Waals surface area contributed by atoms with Crippen molar-refractivity contribution in [3.8, 4) is 5.75 Å². The average Bonchev–Trinajstić information content (AvgIpc) is 2.30. The van der Waals surface area contributed by atoms with E-state index in [0.717, 1.165) is 17.9 Å². The fourth-order valence-corrected chi connectivity index (χ4v) is 2.95. The summed E-state index contributed by atoms with van der Waals surface area (Å²) in [5.74, 6) is 1.93. The zero-order chi connectivity index (χ0) is 12.3. The molecule has 3 nitrogen and oxygen atoms in total. The molecule has 0 amide bonds. The van der Waals surface area contributed by atoms with E-state index in [1.165, 1.54) is 5.56 Å². The Morgan fingerprint density at radius 3 is 2.71 bits per heavy atom. The molecule has 0 bridgehead atoms. The molecule has 0 aliphatic carbocycles. The number of hydrogen-bond donors (Lipinski definition) is 1. The lowest BCUT2D eigenvalue weighted by molar-refractivity contribution is 0.340. The third-order valence-corrected chi connectivity index (χ3v) is 3.78. The molecule has 0 saturated carbocycles. The van der Waals surface area contributed by atoms with Crippen LogP contribution in [-0.2, 0) is 5.54 Å². The number of rotatable bonds is 3. The summed E-state index contributed by atoms with van der Waals surface area (Å²) in [5, 5.41) is 0.688. The lowest BCUT2D eigenvalue weighted by atomic mass is 9.90. The summed E-state index contributed by atoms with van der Waals surface area (Å²) < 4.78 is 5.44. The second-order valence-electron chi connectivity index (χ2n) is 4.28. The molecule has 1 aliphatic rings. The van der Waals surface area contributed by atoms with Gasteiger partial charge in [0.1, 0.15) is 5.75 Å². The Bertz CT molecular complexity index is 416. The maximum atomic E-state index is 5.81. The molecule has 0 saturated heterocycles. The van der Waals surface area contributed by atoms with Crippen LogP contribution in [0.4, 0.5) is 0 Å². The smallest absolute Gasteiger partial charge is 0.154 e. The SMILES string of the molecule is CCOc1ccc(C2(C)CCSC(N)=N2)cc1. The van der Waals surface area contributed by atoms with Gasteiger partial charge in [-0.15, -0.1) is 0 Å². The highest BCUT2D eigenvalue weighted by molar-refractivity contribution is 8.13. The fraction of sp³-hybridized carbons (Fsp3) is 0.462. The predicted molar refractivity (Wildman–Crippen MR) is 73.7 cm³/mol. The Morgan fingerprint density at radius 2 is 2.12 bits per heavy atom. The van der Waals surface area contributed by atoms with Gasteiger partial charge in [0.2, 0.25) is 0 Å². The van der Waals surface area contributed by atoms with Crippen molar-refractivity contribution in [1.82, 2.24) is 0 Å². The van der Waals surface area contributed by atoms with Crippen molar-refractivity contribution in [2.24, 2.45) is 10.7 Å². The van der Waals surface area contributed by atoms with Crippen molar-refractivity contribution < 1.29 is 4.74 Å². The molecule has 92 valence electrons. The van der Waals surface area contributed by atoms with Crippen LogP contribution < -0.4 is 10.5 Å². The van der Waals surface area contributed by atoms with Crippen LogP contribution in [-0.4, -0.2) is 17.5 Å². The van der Waals surface area contributed by atoms with Gasteiger partial charge in [0.15, 0.2) is 5.17 Å². The normalized spacial score (nSPS) is 24.2. The van der Waals surface area contributed by atoms with E-state index in [1.54, 1.807) is 11.8 Å². The molecular weight excluding hydrogens is 232 g/mol. The standard InChI is InChI=1S/C13H18N2OS/c1-3-16-11-6-4-10(5-7-11)13(2)8-9-17-12(14)15-13/h4-7H,3,8-9H2,1-2H3,(H2,14,15). The van der Waals surface area contributed by atoms with Crippen LogP contribution in [0.25, 0.3) is 0 Å². The van der Waals surface area contributed by atoms with Gasteiger partial charge in [-0.2, -0.15) is 0 Å². The van der Waals surface area contributed by atoms with E-state index >= 15 is 0 Å². The third-order valence-electron chi connectivity index (χ3n) is 2.98. The molecule has 2 rings (SSSR count). The van der Waals surface area contributed by atoms with Gasteiger partial charge >= 0.3 is 0 Å². The molecule has 1 aromatic carbocycles. The Hall–Kier alpha value is -1.16. The first-order valence-corrected chi connectivity index (χ1v) is 6.84. The predicted octanol–water partition coefficient (Wildman–Crippen LogP) is 2.75. The van der Waals surface area contributed by atoms with E-state index in [2.05, 4.69) is 24.0 Å². The number of ether oxygens (including phenoxy) is 1. The highest BCUT2D eigenvalue weighted by Gasteiger charge is 2.29. The van der Waals surface area contributed by atoms with Crippen molar-refractivity contribution in [1.29, 1.82) is 0 Å². The van der Waals surface area contributed by atoms with Crippen LogP contribution in [0, 0.1) is 0 Å². The first kappa shape index (κ1) is 12.3. The number of nitrogens with zero attached hydrogens (tertiary/aromatic N) is 1. The van der Waals surface area contributed by atoms with Crippen molar-refractivity contribution in [3.63, 3.8) is 0 Å². The molecule has 1 aliphatic heterocycles. The molecule has 2 N–H and O–H groups in total. The minimum absolute atomic E-state index is 0.180. The van der Waals surface area contributed by atoms with Crippen LogP contribution in [0.3, 0.4) is 0 Å². The fourth-order valence-electron chi connectivity index (χ4n) is 1.97. The number of nitrogens with two attached hydrogens (primary N) is 1.